The summed E-state index contributed by atoms with van der Waals surface area (Å²) in [4.78, 5) is 1.12. The van der Waals surface area contributed by atoms with Crippen molar-refractivity contribution in [3.05, 3.63) is 35.8 Å². The number of nitrogens with one attached hydrogen (secondary N) is 1. The maximum atomic E-state index is 13.1. The fourth-order valence-electron chi connectivity index (χ4n) is 2.25. The van der Waals surface area contributed by atoms with Gasteiger partial charge >= 0.3 is 7.60 Å². The highest BCUT2D eigenvalue weighted by molar-refractivity contribution is 8.01. The Balaban J connectivity index is 2.44. The molecule has 6 heteroatoms. The molecule has 0 unspecified atom stereocenters. The number of fused-ring (bicyclic) bond motifs is 1. The van der Waals surface area contributed by atoms with Gasteiger partial charge in [0.1, 0.15) is 0 Å². The highest BCUT2D eigenvalue weighted by atomic mass is 32.2. The fourth-order valence-corrected chi connectivity index (χ4v) is 5.73. The molecule has 1 aliphatic rings. The van der Waals surface area contributed by atoms with Crippen LogP contribution in [0.1, 0.15) is 27.7 Å². The Morgan fingerprint density at radius 3 is 2.43 bits per heavy atom. The number of thioether (sulfide) groups is 1. The maximum Gasteiger partial charge on any atom is 0.360 e. The number of hydrogen-bond acceptors (Lipinski definition) is 5. The summed E-state index contributed by atoms with van der Waals surface area (Å²) in [7, 11) is -3.29. The zero-order valence-corrected chi connectivity index (χ0v) is 14.6. The molecule has 0 fully saturated rings. The third-order valence-corrected chi connectivity index (χ3v) is 7.06. The number of anilines is 1. The van der Waals surface area contributed by atoms with Gasteiger partial charge in [-0.25, -0.2) is 0 Å². The minimum absolute atomic E-state index is 0.350. The Morgan fingerprint density at radius 1 is 1.19 bits per heavy atom. The van der Waals surface area contributed by atoms with E-state index in [1.807, 2.05) is 45.9 Å². The van der Waals surface area contributed by atoms with Crippen molar-refractivity contribution >= 4 is 25.0 Å². The van der Waals surface area contributed by atoms with E-state index >= 15 is 0 Å². The first-order chi connectivity index (χ1) is 9.93. The lowest BCUT2D eigenvalue weighted by Gasteiger charge is -2.30. The molecule has 116 valence electrons. The van der Waals surface area contributed by atoms with Crippen molar-refractivity contribution < 1.29 is 13.6 Å². The standard InChI is InChI=1S/C15H22NO3PS/c1-5-18-20(17,19-6-2)14-11-16-12-9-7-8-10-13(12)21-15(14,3)4/h7-11,16H,5-6H2,1-4H3. The molecule has 0 atom stereocenters. The van der Waals surface area contributed by atoms with Crippen LogP contribution in [0.5, 0.6) is 0 Å². The van der Waals surface area contributed by atoms with Crippen molar-refractivity contribution in [2.24, 2.45) is 0 Å². The lowest BCUT2D eigenvalue weighted by atomic mass is 10.2. The Labute approximate surface area is 130 Å². The minimum atomic E-state index is -3.29. The van der Waals surface area contributed by atoms with Crippen LogP contribution in [0.15, 0.2) is 40.7 Å². The Kier molecular flexibility index (Phi) is 5.20. The summed E-state index contributed by atoms with van der Waals surface area (Å²) in [6, 6.07) is 8.03. The van der Waals surface area contributed by atoms with E-state index in [9.17, 15) is 4.57 Å². The van der Waals surface area contributed by atoms with Crippen LogP contribution in [0.3, 0.4) is 0 Å². The van der Waals surface area contributed by atoms with Crippen LogP contribution in [0.2, 0.25) is 0 Å². The van der Waals surface area contributed by atoms with Crippen LogP contribution < -0.4 is 5.32 Å². The van der Waals surface area contributed by atoms with Crippen LogP contribution in [0.25, 0.3) is 0 Å². The van der Waals surface area contributed by atoms with Crippen molar-refractivity contribution in [1.29, 1.82) is 0 Å². The number of para-hydroxylation sites is 1. The molecule has 0 aliphatic carbocycles. The van der Waals surface area contributed by atoms with E-state index in [2.05, 4.69) is 11.4 Å². The summed E-state index contributed by atoms with van der Waals surface area (Å²) in [6.45, 7) is 8.43. The zero-order valence-electron chi connectivity index (χ0n) is 12.9. The van der Waals surface area contributed by atoms with Gasteiger partial charge in [0.05, 0.1) is 24.2 Å². The summed E-state index contributed by atoms with van der Waals surface area (Å²) < 4.78 is 23.8. The summed E-state index contributed by atoms with van der Waals surface area (Å²) in [5.74, 6) is 0. The van der Waals surface area contributed by atoms with Gasteiger partial charge in [-0.15, -0.1) is 11.8 Å². The second-order valence-corrected chi connectivity index (χ2v) is 8.77. The molecule has 1 aromatic carbocycles. The first-order valence-corrected chi connectivity index (χ1v) is 9.43. The lowest BCUT2D eigenvalue weighted by Crippen LogP contribution is -2.20. The van der Waals surface area contributed by atoms with Crippen molar-refractivity contribution in [2.45, 2.75) is 37.3 Å². The van der Waals surface area contributed by atoms with Crippen LogP contribution >= 0.6 is 19.4 Å². The second-order valence-electron chi connectivity index (χ2n) is 5.12. The summed E-state index contributed by atoms with van der Waals surface area (Å²) >= 11 is 1.66. The third kappa shape index (κ3) is 3.54. The topological polar surface area (TPSA) is 47.6 Å². The Bertz CT molecular complexity index is 576. The molecule has 21 heavy (non-hydrogen) atoms. The van der Waals surface area contributed by atoms with E-state index < -0.39 is 7.60 Å². The van der Waals surface area contributed by atoms with Gasteiger partial charge in [0, 0.05) is 15.8 Å². The van der Waals surface area contributed by atoms with E-state index in [4.69, 9.17) is 9.05 Å². The van der Waals surface area contributed by atoms with Gasteiger partial charge in [-0.05, 0) is 39.8 Å². The van der Waals surface area contributed by atoms with Gasteiger partial charge < -0.3 is 14.4 Å². The van der Waals surface area contributed by atoms with E-state index in [0.29, 0.717) is 18.5 Å². The van der Waals surface area contributed by atoms with Crippen molar-refractivity contribution in [3.8, 4) is 0 Å². The average molecular weight is 327 g/mol. The molecule has 1 aromatic rings. The molecule has 1 heterocycles. The molecular weight excluding hydrogens is 305 g/mol. The van der Waals surface area contributed by atoms with Gasteiger partial charge in [-0.3, -0.25) is 4.57 Å². The largest absolute Gasteiger partial charge is 0.360 e. The Morgan fingerprint density at radius 2 is 1.81 bits per heavy atom. The quantitative estimate of drug-likeness (QED) is 0.763. The van der Waals surface area contributed by atoms with Crippen LogP contribution in [0.4, 0.5) is 5.69 Å². The molecular formula is C15H22NO3PS. The van der Waals surface area contributed by atoms with Gasteiger partial charge in [-0.2, -0.15) is 0 Å². The molecule has 1 aliphatic heterocycles. The van der Waals surface area contributed by atoms with E-state index in [-0.39, 0.29) is 4.75 Å². The molecule has 0 saturated heterocycles. The smallest absolute Gasteiger partial charge is 0.360 e. The molecule has 2 rings (SSSR count). The first-order valence-electron chi connectivity index (χ1n) is 7.08. The molecule has 0 spiro atoms. The second kappa shape index (κ2) is 6.57. The van der Waals surface area contributed by atoms with E-state index in [1.165, 1.54) is 0 Å². The molecule has 0 amide bonds. The van der Waals surface area contributed by atoms with Crippen LogP contribution in [0, 0.1) is 0 Å². The molecule has 1 N–H and O–H groups in total. The van der Waals surface area contributed by atoms with Gasteiger partial charge in [-0.1, -0.05) is 12.1 Å². The third-order valence-electron chi connectivity index (χ3n) is 3.13. The van der Waals surface area contributed by atoms with Crippen molar-refractivity contribution in [1.82, 2.24) is 0 Å². The predicted octanol–water partition coefficient (Wildman–Crippen LogP) is 5.09. The van der Waals surface area contributed by atoms with Gasteiger partial charge in [0.2, 0.25) is 0 Å². The SMILES string of the molecule is CCOP(=O)(OCC)C1=CNc2ccccc2SC1(C)C. The van der Waals surface area contributed by atoms with Crippen LogP contribution in [-0.4, -0.2) is 18.0 Å². The monoisotopic (exact) mass is 327 g/mol. The molecule has 0 saturated carbocycles. The number of benzene rings is 1. The summed E-state index contributed by atoms with van der Waals surface area (Å²) in [5.41, 5.74) is 1.00. The molecule has 0 bridgehead atoms. The highest BCUT2D eigenvalue weighted by Gasteiger charge is 2.42. The Hall–Kier alpha value is -0.740. The number of rotatable bonds is 5. The van der Waals surface area contributed by atoms with E-state index in [0.717, 1.165) is 10.6 Å². The first kappa shape index (κ1) is 16.6. The van der Waals surface area contributed by atoms with Crippen LogP contribution in [-0.2, 0) is 13.6 Å². The normalized spacial score (nSPS) is 17.4. The number of hydrogen-bond donors (Lipinski definition) is 1. The summed E-state index contributed by atoms with van der Waals surface area (Å²) in [6.07, 6.45) is 1.78. The minimum Gasteiger partial charge on any atom is -0.360 e. The van der Waals surface area contributed by atoms with Gasteiger partial charge in [0.15, 0.2) is 0 Å². The van der Waals surface area contributed by atoms with Gasteiger partial charge in [0.25, 0.3) is 0 Å². The van der Waals surface area contributed by atoms with Crippen molar-refractivity contribution in [3.63, 3.8) is 0 Å². The average Bonchev–Trinajstić information content (AvgIpc) is 2.54. The zero-order chi connectivity index (χ0) is 15.5. The molecule has 0 aromatic heterocycles. The summed E-state index contributed by atoms with van der Waals surface area (Å²) in [5, 5.41) is 3.90. The fraction of sp³-hybridized carbons (Fsp3) is 0.467. The predicted molar refractivity (Wildman–Crippen MR) is 88.9 cm³/mol. The lowest BCUT2D eigenvalue weighted by molar-refractivity contribution is 0.224. The highest BCUT2D eigenvalue weighted by Crippen LogP contribution is 2.63. The molecule has 0 radical (unpaired) electrons. The van der Waals surface area contributed by atoms with E-state index in [1.54, 1.807) is 18.0 Å². The van der Waals surface area contributed by atoms with Crippen molar-refractivity contribution in [2.75, 3.05) is 18.5 Å². The maximum absolute atomic E-state index is 13.1. The molecule has 4 nitrogen and oxygen atoms in total.